The number of ether oxygens (including phenoxy) is 1. The number of alkyl halides is 3. The van der Waals surface area contributed by atoms with Crippen LogP contribution < -0.4 is 10.1 Å². The highest BCUT2D eigenvalue weighted by atomic mass is 35.5. The molecule has 4 aromatic rings. The Labute approximate surface area is 184 Å². The Balaban J connectivity index is 1.73. The average molecular weight is 459 g/mol. The lowest BCUT2D eigenvalue weighted by Gasteiger charge is -2.11. The second-order valence-corrected chi connectivity index (χ2v) is 7.23. The van der Waals surface area contributed by atoms with Crippen LogP contribution in [0.4, 0.5) is 18.9 Å². The molecule has 1 aromatic heterocycles. The van der Waals surface area contributed by atoms with E-state index in [4.69, 9.17) is 11.6 Å². The number of benzene rings is 3. The second-order valence-electron chi connectivity index (χ2n) is 6.79. The first-order valence-corrected chi connectivity index (χ1v) is 9.67. The van der Waals surface area contributed by atoms with Crippen LogP contribution in [0.25, 0.3) is 10.9 Å². The van der Waals surface area contributed by atoms with E-state index in [1.807, 2.05) is 0 Å². The predicted molar refractivity (Wildman–Crippen MR) is 114 cm³/mol. The van der Waals surface area contributed by atoms with Crippen molar-refractivity contribution in [2.24, 2.45) is 0 Å². The third kappa shape index (κ3) is 4.60. The van der Waals surface area contributed by atoms with E-state index < -0.39 is 18.0 Å². The molecule has 0 atom stereocenters. The van der Waals surface area contributed by atoms with Crippen LogP contribution in [0.3, 0.4) is 0 Å². The average Bonchev–Trinajstić information content (AvgIpc) is 3.10. The largest absolute Gasteiger partial charge is 0.573 e. The van der Waals surface area contributed by atoms with Gasteiger partial charge in [-0.3, -0.25) is 9.59 Å². The van der Waals surface area contributed by atoms with Gasteiger partial charge in [0.1, 0.15) is 11.4 Å². The molecule has 0 radical (unpaired) electrons. The van der Waals surface area contributed by atoms with Crippen molar-refractivity contribution in [1.29, 1.82) is 0 Å². The standard InChI is InChI=1S/C23H14ClF3N2O3/c24-15-9-10-17-18(12-15)28-20(21(30)13-5-2-1-3-6-13)19(17)29-22(31)14-7-4-8-16(11-14)32-23(25,26)27/h1-12,28H,(H,29,31). The van der Waals surface area contributed by atoms with Gasteiger partial charge < -0.3 is 15.0 Å². The van der Waals surface area contributed by atoms with E-state index in [1.54, 1.807) is 48.5 Å². The van der Waals surface area contributed by atoms with Crippen molar-refractivity contribution in [3.63, 3.8) is 0 Å². The number of rotatable bonds is 5. The number of anilines is 1. The zero-order valence-corrected chi connectivity index (χ0v) is 16.9. The third-order valence-corrected chi connectivity index (χ3v) is 4.83. The van der Waals surface area contributed by atoms with Crippen LogP contribution in [0.15, 0.2) is 72.8 Å². The van der Waals surface area contributed by atoms with Crippen molar-refractivity contribution in [3.8, 4) is 5.75 Å². The number of carbonyl (C=O) groups is 2. The molecule has 1 amide bonds. The molecule has 0 bridgehead atoms. The number of fused-ring (bicyclic) bond motifs is 1. The molecular weight excluding hydrogens is 445 g/mol. The minimum atomic E-state index is -4.89. The summed E-state index contributed by atoms with van der Waals surface area (Å²) in [7, 11) is 0. The number of H-pyrrole nitrogens is 1. The fourth-order valence-electron chi connectivity index (χ4n) is 3.22. The summed E-state index contributed by atoms with van der Waals surface area (Å²) in [6.07, 6.45) is -4.89. The van der Waals surface area contributed by atoms with Crippen LogP contribution in [-0.4, -0.2) is 23.0 Å². The number of hydrogen-bond acceptors (Lipinski definition) is 3. The van der Waals surface area contributed by atoms with Crippen LogP contribution in [0.5, 0.6) is 5.75 Å². The van der Waals surface area contributed by atoms with Crippen LogP contribution in [-0.2, 0) is 0 Å². The molecule has 162 valence electrons. The molecule has 2 N–H and O–H groups in total. The summed E-state index contributed by atoms with van der Waals surface area (Å²) in [6.45, 7) is 0. The first kappa shape index (κ1) is 21.5. The monoisotopic (exact) mass is 458 g/mol. The summed E-state index contributed by atoms with van der Waals surface area (Å²) in [5.41, 5.74) is 1.14. The predicted octanol–water partition coefficient (Wildman–Crippen LogP) is 6.20. The summed E-state index contributed by atoms with van der Waals surface area (Å²) in [5, 5.41) is 3.58. The Morgan fingerprint density at radius 2 is 1.62 bits per heavy atom. The lowest BCUT2D eigenvalue weighted by molar-refractivity contribution is -0.274. The normalized spacial score (nSPS) is 11.4. The SMILES string of the molecule is O=C(Nc1c(C(=O)c2ccccc2)[nH]c2cc(Cl)ccc12)c1cccc(OC(F)(F)F)c1. The van der Waals surface area contributed by atoms with Crippen LogP contribution in [0, 0.1) is 0 Å². The summed E-state index contributed by atoms with van der Waals surface area (Å²) in [6, 6.07) is 17.9. The van der Waals surface area contributed by atoms with Gasteiger partial charge in [0.2, 0.25) is 5.78 Å². The Morgan fingerprint density at radius 1 is 0.906 bits per heavy atom. The lowest BCUT2D eigenvalue weighted by Crippen LogP contribution is -2.18. The lowest BCUT2D eigenvalue weighted by atomic mass is 10.1. The maximum absolute atomic E-state index is 13.1. The van der Waals surface area contributed by atoms with Crippen LogP contribution >= 0.6 is 11.6 Å². The number of aromatic nitrogens is 1. The minimum absolute atomic E-state index is 0.0758. The third-order valence-electron chi connectivity index (χ3n) is 4.59. The number of halogens is 4. The van der Waals surface area contributed by atoms with Gasteiger partial charge in [-0.15, -0.1) is 13.2 Å². The van der Waals surface area contributed by atoms with Gasteiger partial charge in [-0.25, -0.2) is 0 Å². The van der Waals surface area contributed by atoms with Crippen molar-refractivity contribution in [2.45, 2.75) is 6.36 Å². The number of nitrogens with one attached hydrogen (secondary N) is 2. The van der Waals surface area contributed by atoms with E-state index >= 15 is 0 Å². The van der Waals surface area contributed by atoms with Gasteiger partial charge in [0.05, 0.1) is 5.69 Å². The first-order chi connectivity index (χ1) is 15.2. The molecule has 0 aliphatic rings. The molecule has 3 aromatic carbocycles. The Bertz CT molecular complexity index is 1320. The van der Waals surface area contributed by atoms with E-state index in [2.05, 4.69) is 15.0 Å². The van der Waals surface area contributed by atoms with Gasteiger partial charge in [-0.2, -0.15) is 0 Å². The molecule has 1 heterocycles. The number of aromatic amines is 1. The number of hydrogen-bond donors (Lipinski definition) is 2. The Kier molecular flexibility index (Phi) is 5.63. The molecule has 9 heteroatoms. The van der Waals surface area contributed by atoms with E-state index in [9.17, 15) is 22.8 Å². The molecule has 32 heavy (non-hydrogen) atoms. The van der Waals surface area contributed by atoms with Crippen molar-refractivity contribution in [2.75, 3.05) is 5.32 Å². The smallest absolute Gasteiger partial charge is 0.406 e. The van der Waals surface area contributed by atoms with Gasteiger partial charge >= 0.3 is 6.36 Å². The second kappa shape index (κ2) is 8.39. The highest BCUT2D eigenvalue weighted by Crippen LogP contribution is 2.32. The summed E-state index contributed by atoms with van der Waals surface area (Å²) in [4.78, 5) is 28.9. The van der Waals surface area contributed by atoms with E-state index in [-0.39, 0.29) is 22.7 Å². The van der Waals surface area contributed by atoms with Gasteiger partial charge in [-0.1, -0.05) is 48.0 Å². The Hall–Kier alpha value is -3.78. The summed E-state index contributed by atoms with van der Waals surface area (Å²) >= 11 is 6.05. The van der Waals surface area contributed by atoms with Gasteiger partial charge in [0.25, 0.3) is 5.91 Å². The van der Waals surface area contributed by atoms with Crippen LogP contribution in [0.1, 0.15) is 26.4 Å². The topological polar surface area (TPSA) is 71.2 Å². The highest BCUT2D eigenvalue weighted by Gasteiger charge is 2.31. The molecule has 0 aliphatic heterocycles. The summed E-state index contributed by atoms with van der Waals surface area (Å²) < 4.78 is 41.4. The van der Waals surface area contributed by atoms with E-state index in [0.717, 1.165) is 12.1 Å². The van der Waals surface area contributed by atoms with E-state index in [1.165, 1.54) is 12.1 Å². The van der Waals surface area contributed by atoms with Gasteiger partial charge in [0.15, 0.2) is 0 Å². The van der Waals surface area contributed by atoms with Crippen molar-refractivity contribution in [1.82, 2.24) is 4.98 Å². The zero-order chi connectivity index (χ0) is 22.9. The highest BCUT2D eigenvalue weighted by molar-refractivity contribution is 6.31. The number of carbonyl (C=O) groups excluding carboxylic acids is 2. The maximum Gasteiger partial charge on any atom is 0.573 e. The number of amides is 1. The van der Waals surface area contributed by atoms with Crippen molar-refractivity contribution < 1.29 is 27.5 Å². The molecular formula is C23H14ClF3N2O3. The molecule has 4 rings (SSSR count). The van der Waals surface area contributed by atoms with Crippen LogP contribution in [0.2, 0.25) is 5.02 Å². The molecule has 0 aliphatic carbocycles. The molecule has 0 saturated carbocycles. The van der Waals surface area contributed by atoms with Crippen molar-refractivity contribution >= 4 is 39.9 Å². The fourth-order valence-corrected chi connectivity index (χ4v) is 3.40. The minimum Gasteiger partial charge on any atom is -0.406 e. The zero-order valence-electron chi connectivity index (χ0n) is 16.2. The molecule has 0 spiro atoms. The molecule has 0 fully saturated rings. The Morgan fingerprint density at radius 3 is 2.34 bits per heavy atom. The quantitative estimate of drug-likeness (QED) is 0.350. The molecule has 0 saturated heterocycles. The maximum atomic E-state index is 13.1. The summed E-state index contributed by atoms with van der Waals surface area (Å²) in [5.74, 6) is -1.62. The first-order valence-electron chi connectivity index (χ1n) is 9.29. The molecule has 5 nitrogen and oxygen atoms in total. The van der Waals surface area contributed by atoms with Gasteiger partial charge in [-0.05, 0) is 36.4 Å². The van der Waals surface area contributed by atoms with Gasteiger partial charge in [0, 0.05) is 27.1 Å². The molecule has 0 unspecified atom stereocenters. The van der Waals surface area contributed by atoms with E-state index in [0.29, 0.717) is 21.5 Å². The van der Waals surface area contributed by atoms with Crippen molar-refractivity contribution in [3.05, 3.63) is 94.6 Å². The fraction of sp³-hybridized carbons (Fsp3) is 0.0435. The number of ketones is 1.